The van der Waals surface area contributed by atoms with Crippen molar-refractivity contribution in [1.29, 1.82) is 0 Å². The molecule has 1 aliphatic rings. The van der Waals surface area contributed by atoms with Gasteiger partial charge in [-0.2, -0.15) is 0 Å². The second-order valence-electron chi connectivity index (χ2n) is 2.50. The summed E-state index contributed by atoms with van der Waals surface area (Å²) in [6.07, 6.45) is 7.46. The molecule has 0 aliphatic heterocycles. The van der Waals surface area contributed by atoms with Crippen molar-refractivity contribution in [3.63, 3.8) is 0 Å². The molecule has 0 fully saturated rings. The molecule has 1 nitrogen and oxygen atoms in total. The van der Waals surface area contributed by atoms with Crippen molar-refractivity contribution in [1.82, 2.24) is 0 Å². The predicted molar refractivity (Wildman–Crippen MR) is 38.4 cm³/mol. The van der Waals surface area contributed by atoms with Crippen LogP contribution in [0.1, 0.15) is 25.7 Å². The molecule has 1 heteroatoms. The molecule has 0 heterocycles. The van der Waals surface area contributed by atoms with Crippen LogP contribution < -0.4 is 0 Å². The van der Waals surface area contributed by atoms with Crippen LogP contribution in [0.25, 0.3) is 0 Å². The molecule has 0 spiro atoms. The standard InChI is InChI=1S/C8H14O/c1-9-7-6-8-4-2-3-5-8/h4H,2-3,5-7H2,1H3. The van der Waals surface area contributed by atoms with E-state index in [1.807, 2.05) is 0 Å². The van der Waals surface area contributed by atoms with E-state index in [0.717, 1.165) is 13.0 Å². The first-order valence-corrected chi connectivity index (χ1v) is 3.60. The molecular weight excluding hydrogens is 112 g/mol. The quantitative estimate of drug-likeness (QED) is 0.526. The number of allylic oxidation sites excluding steroid dienone is 1. The Hall–Kier alpha value is -0.300. The third kappa shape index (κ3) is 2.19. The first kappa shape index (κ1) is 6.81. The second kappa shape index (κ2) is 3.67. The van der Waals surface area contributed by atoms with Crippen LogP contribution in [0.2, 0.25) is 0 Å². The smallest absolute Gasteiger partial charge is 0.0499 e. The molecule has 1 aliphatic carbocycles. The lowest BCUT2D eigenvalue weighted by molar-refractivity contribution is 0.201. The normalized spacial score (nSPS) is 18.1. The van der Waals surface area contributed by atoms with Gasteiger partial charge in [0.2, 0.25) is 0 Å². The van der Waals surface area contributed by atoms with Gasteiger partial charge in [-0.05, 0) is 25.7 Å². The summed E-state index contributed by atoms with van der Waals surface area (Å²) in [5.74, 6) is 0. The Labute approximate surface area is 56.7 Å². The third-order valence-corrected chi connectivity index (χ3v) is 1.76. The van der Waals surface area contributed by atoms with Crippen molar-refractivity contribution in [3.8, 4) is 0 Å². The maximum Gasteiger partial charge on any atom is 0.0499 e. The Kier molecular flexibility index (Phi) is 2.78. The highest BCUT2D eigenvalue weighted by Crippen LogP contribution is 2.19. The van der Waals surface area contributed by atoms with Gasteiger partial charge in [0.15, 0.2) is 0 Å². The zero-order valence-electron chi connectivity index (χ0n) is 6.02. The lowest BCUT2D eigenvalue weighted by Crippen LogP contribution is -1.88. The summed E-state index contributed by atoms with van der Waals surface area (Å²) in [7, 11) is 1.76. The highest BCUT2D eigenvalue weighted by atomic mass is 16.5. The molecule has 0 aromatic heterocycles. The van der Waals surface area contributed by atoms with Crippen molar-refractivity contribution in [2.75, 3.05) is 13.7 Å². The number of hydrogen-bond acceptors (Lipinski definition) is 1. The average molecular weight is 126 g/mol. The average Bonchev–Trinajstić information content (AvgIpc) is 2.34. The van der Waals surface area contributed by atoms with Crippen molar-refractivity contribution < 1.29 is 4.74 Å². The minimum Gasteiger partial charge on any atom is -0.384 e. The van der Waals surface area contributed by atoms with Crippen molar-refractivity contribution in [2.24, 2.45) is 0 Å². The molecule has 0 saturated carbocycles. The van der Waals surface area contributed by atoms with E-state index in [1.165, 1.54) is 19.3 Å². The molecular formula is C8H14O. The third-order valence-electron chi connectivity index (χ3n) is 1.76. The zero-order chi connectivity index (χ0) is 6.53. The summed E-state index contributed by atoms with van der Waals surface area (Å²) in [5, 5.41) is 0. The van der Waals surface area contributed by atoms with Gasteiger partial charge >= 0.3 is 0 Å². The van der Waals surface area contributed by atoms with Gasteiger partial charge in [-0.3, -0.25) is 0 Å². The van der Waals surface area contributed by atoms with E-state index >= 15 is 0 Å². The number of rotatable bonds is 3. The van der Waals surface area contributed by atoms with Gasteiger partial charge in [-0.15, -0.1) is 0 Å². The Morgan fingerprint density at radius 2 is 2.56 bits per heavy atom. The van der Waals surface area contributed by atoms with Crippen molar-refractivity contribution in [3.05, 3.63) is 11.6 Å². The van der Waals surface area contributed by atoms with Gasteiger partial charge in [0, 0.05) is 13.7 Å². The van der Waals surface area contributed by atoms with E-state index in [2.05, 4.69) is 6.08 Å². The first-order valence-electron chi connectivity index (χ1n) is 3.60. The van der Waals surface area contributed by atoms with Crippen LogP contribution in [-0.4, -0.2) is 13.7 Å². The van der Waals surface area contributed by atoms with E-state index in [-0.39, 0.29) is 0 Å². The van der Waals surface area contributed by atoms with E-state index in [0.29, 0.717) is 0 Å². The Balaban J connectivity index is 2.11. The fraction of sp³-hybridized carbons (Fsp3) is 0.750. The Morgan fingerprint density at radius 3 is 3.11 bits per heavy atom. The van der Waals surface area contributed by atoms with E-state index < -0.39 is 0 Å². The predicted octanol–water partition coefficient (Wildman–Crippen LogP) is 2.13. The number of hydrogen-bond donors (Lipinski definition) is 0. The van der Waals surface area contributed by atoms with Gasteiger partial charge in [-0.25, -0.2) is 0 Å². The van der Waals surface area contributed by atoms with Crippen LogP contribution in [-0.2, 0) is 4.74 Å². The number of methoxy groups -OCH3 is 1. The fourth-order valence-electron chi connectivity index (χ4n) is 1.20. The van der Waals surface area contributed by atoms with Crippen LogP contribution in [0, 0.1) is 0 Å². The van der Waals surface area contributed by atoms with Gasteiger partial charge in [-0.1, -0.05) is 11.6 Å². The lowest BCUT2D eigenvalue weighted by atomic mass is 10.2. The highest BCUT2D eigenvalue weighted by Gasteiger charge is 2.02. The Bertz CT molecular complexity index is 105. The maximum atomic E-state index is 4.96. The van der Waals surface area contributed by atoms with Gasteiger partial charge in [0.1, 0.15) is 0 Å². The SMILES string of the molecule is COCCC1=CCCC1. The summed E-state index contributed by atoms with van der Waals surface area (Å²) in [6.45, 7) is 0.895. The topological polar surface area (TPSA) is 9.23 Å². The molecule has 0 saturated heterocycles. The monoisotopic (exact) mass is 126 g/mol. The molecule has 0 radical (unpaired) electrons. The van der Waals surface area contributed by atoms with Crippen LogP contribution in [0.15, 0.2) is 11.6 Å². The molecule has 0 aromatic rings. The van der Waals surface area contributed by atoms with Crippen LogP contribution in [0.5, 0.6) is 0 Å². The minimum atomic E-state index is 0.895. The molecule has 0 aromatic carbocycles. The first-order chi connectivity index (χ1) is 4.43. The molecule has 52 valence electrons. The lowest BCUT2D eigenvalue weighted by Gasteiger charge is -1.97. The summed E-state index contributed by atoms with van der Waals surface area (Å²) in [6, 6.07) is 0. The zero-order valence-corrected chi connectivity index (χ0v) is 6.02. The Morgan fingerprint density at radius 1 is 1.67 bits per heavy atom. The summed E-state index contributed by atoms with van der Waals surface area (Å²) in [4.78, 5) is 0. The molecule has 1 rings (SSSR count). The molecule has 9 heavy (non-hydrogen) atoms. The van der Waals surface area contributed by atoms with E-state index in [9.17, 15) is 0 Å². The van der Waals surface area contributed by atoms with Crippen LogP contribution >= 0.6 is 0 Å². The molecule has 0 atom stereocenters. The summed E-state index contributed by atoms with van der Waals surface area (Å²) < 4.78 is 4.96. The maximum absolute atomic E-state index is 4.96. The number of ether oxygens (including phenoxy) is 1. The van der Waals surface area contributed by atoms with E-state index in [4.69, 9.17) is 4.74 Å². The minimum absolute atomic E-state index is 0.895. The largest absolute Gasteiger partial charge is 0.384 e. The van der Waals surface area contributed by atoms with Crippen molar-refractivity contribution in [2.45, 2.75) is 25.7 Å². The van der Waals surface area contributed by atoms with E-state index in [1.54, 1.807) is 12.7 Å². The van der Waals surface area contributed by atoms with Crippen LogP contribution in [0.4, 0.5) is 0 Å². The van der Waals surface area contributed by atoms with Gasteiger partial charge < -0.3 is 4.74 Å². The molecule has 0 unspecified atom stereocenters. The molecule has 0 bridgehead atoms. The highest BCUT2D eigenvalue weighted by molar-refractivity contribution is 5.06. The summed E-state index contributed by atoms with van der Waals surface area (Å²) in [5.41, 5.74) is 1.59. The van der Waals surface area contributed by atoms with Crippen molar-refractivity contribution >= 4 is 0 Å². The molecule has 0 N–H and O–H groups in total. The summed E-state index contributed by atoms with van der Waals surface area (Å²) >= 11 is 0. The van der Waals surface area contributed by atoms with Crippen LogP contribution in [0.3, 0.4) is 0 Å². The molecule has 0 amide bonds. The fourth-order valence-corrected chi connectivity index (χ4v) is 1.20. The van der Waals surface area contributed by atoms with Gasteiger partial charge in [0.05, 0.1) is 0 Å². The van der Waals surface area contributed by atoms with Gasteiger partial charge in [0.25, 0.3) is 0 Å². The second-order valence-corrected chi connectivity index (χ2v) is 2.50.